The maximum Gasteiger partial charge on any atom is 0.156 e. The van der Waals surface area contributed by atoms with Crippen molar-refractivity contribution in [1.82, 2.24) is 5.32 Å². The summed E-state index contributed by atoms with van der Waals surface area (Å²) in [5, 5.41) is 2.74. The third-order valence-electron chi connectivity index (χ3n) is 3.24. The first-order valence-corrected chi connectivity index (χ1v) is 7.62. The Labute approximate surface area is 98.7 Å². The van der Waals surface area contributed by atoms with Crippen LogP contribution in [0.15, 0.2) is 0 Å². The fraction of sp³-hybridized carbons (Fsp3) is 1.00. The fourth-order valence-corrected chi connectivity index (χ4v) is 4.14. The zero-order chi connectivity index (χ0) is 12.0. The number of methoxy groups -OCH3 is 1. The molecule has 5 heteroatoms. The van der Waals surface area contributed by atoms with Gasteiger partial charge >= 0.3 is 0 Å². The molecule has 1 atom stereocenters. The molecule has 1 aliphatic rings. The van der Waals surface area contributed by atoms with E-state index in [-0.39, 0.29) is 10.5 Å². The van der Waals surface area contributed by atoms with Crippen LogP contribution in [0.5, 0.6) is 0 Å². The number of hydrogen-bond acceptors (Lipinski definition) is 4. The lowest BCUT2D eigenvalue weighted by Crippen LogP contribution is -2.37. The van der Waals surface area contributed by atoms with Crippen molar-refractivity contribution in [1.29, 1.82) is 0 Å². The molecule has 0 bridgehead atoms. The molecular formula is C11H23NO3S. The van der Waals surface area contributed by atoms with E-state index in [1.807, 2.05) is 0 Å². The van der Waals surface area contributed by atoms with Crippen molar-refractivity contribution in [2.45, 2.75) is 43.1 Å². The second-order valence-corrected chi connectivity index (χ2v) is 7.15. The molecule has 1 rings (SSSR count). The van der Waals surface area contributed by atoms with E-state index in [4.69, 9.17) is 4.74 Å². The van der Waals surface area contributed by atoms with E-state index in [0.29, 0.717) is 19.7 Å². The molecule has 96 valence electrons. The number of nitrogens with one attached hydrogen (secondary N) is 1. The van der Waals surface area contributed by atoms with Gasteiger partial charge in [0.15, 0.2) is 9.84 Å². The van der Waals surface area contributed by atoms with Crippen LogP contribution >= 0.6 is 0 Å². The highest BCUT2D eigenvalue weighted by atomic mass is 32.2. The summed E-state index contributed by atoms with van der Waals surface area (Å²) in [6, 6.07) is 0. The molecule has 0 spiro atoms. The monoisotopic (exact) mass is 249 g/mol. The molecule has 1 aliphatic carbocycles. The molecule has 1 fully saturated rings. The van der Waals surface area contributed by atoms with Crippen molar-refractivity contribution >= 4 is 9.84 Å². The Kier molecular flexibility index (Phi) is 5.72. The normalized spacial score (nSPS) is 20.1. The van der Waals surface area contributed by atoms with Crippen LogP contribution in [0.4, 0.5) is 0 Å². The number of ether oxygens (including phenoxy) is 1. The van der Waals surface area contributed by atoms with Gasteiger partial charge in [0.1, 0.15) is 0 Å². The molecule has 0 aromatic carbocycles. The minimum absolute atomic E-state index is 0.0910. The van der Waals surface area contributed by atoms with Crippen LogP contribution in [0.2, 0.25) is 0 Å². The van der Waals surface area contributed by atoms with Gasteiger partial charge in [-0.1, -0.05) is 12.8 Å². The van der Waals surface area contributed by atoms with E-state index in [1.165, 1.54) is 0 Å². The van der Waals surface area contributed by atoms with E-state index in [0.717, 1.165) is 25.7 Å². The van der Waals surface area contributed by atoms with Gasteiger partial charge in [-0.25, -0.2) is 8.42 Å². The highest BCUT2D eigenvalue weighted by Crippen LogP contribution is 2.27. The van der Waals surface area contributed by atoms with E-state index < -0.39 is 9.84 Å². The SMILES string of the molecule is COCCNCC(C)S(=O)(=O)C1CCCC1. The maximum absolute atomic E-state index is 12.1. The average Bonchev–Trinajstić information content (AvgIpc) is 2.77. The molecule has 1 N–H and O–H groups in total. The van der Waals surface area contributed by atoms with Crippen molar-refractivity contribution in [3.05, 3.63) is 0 Å². The molecule has 1 saturated carbocycles. The Bertz CT molecular complexity index is 284. The average molecular weight is 249 g/mol. The van der Waals surface area contributed by atoms with Crippen molar-refractivity contribution in [2.75, 3.05) is 26.8 Å². The van der Waals surface area contributed by atoms with Gasteiger partial charge in [0, 0.05) is 20.2 Å². The van der Waals surface area contributed by atoms with Crippen LogP contribution in [0.1, 0.15) is 32.6 Å². The second kappa shape index (κ2) is 6.57. The summed E-state index contributed by atoms with van der Waals surface area (Å²) in [6.45, 7) is 3.66. The highest BCUT2D eigenvalue weighted by Gasteiger charge is 2.32. The topological polar surface area (TPSA) is 55.4 Å². The maximum atomic E-state index is 12.1. The Morgan fingerprint density at radius 3 is 2.56 bits per heavy atom. The van der Waals surface area contributed by atoms with Crippen molar-refractivity contribution in [2.24, 2.45) is 0 Å². The minimum atomic E-state index is -2.93. The van der Waals surface area contributed by atoms with Gasteiger partial charge in [0.05, 0.1) is 17.1 Å². The Hall–Kier alpha value is -0.130. The molecule has 16 heavy (non-hydrogen) atoms. The van der Waals surface area contributed by atoms with E-state index in [1.54, 1.807) is 14.0 Å². The van der Waals surface area contributed by atoms with Gasteiger partial charge in [-0.15, -0.1) is 0 Å². The Morgan fingerprint density at radius 1 is 1.38 bits per heavy atom. The van der Waals surface area contributed by atoms with Crippen molar-refractivity contribution < 1.29 is 13.2 Å². The van der Waals surface area contributed by atoms with Crippen molar-refractivity contribution in [3.8, 4) is 0 Å². The smallest absolute Gasteiger partial charge is 0.156 e. The standard InChI is InChI=1S/C11H23NO3S/c1-10(9-12-7-8-15-2)16(13,14)11-5-3-4-6-11/h10-12H,3-9H2,1-2H3. The molecule has 0 aromatic heterocycles. The van der Waals surface area contributed by atoms with Gasteiger partial charge in [0.2, 0.25) is 0 Å². The van der Waals surface area contributed by atoms with Gasteiger partial charge in [-0.05, 0) is 19.8 Å². The van der Waals surface area contributed by atoms with Crippen LogP contribution in [0.3, 0.4) is 0 Å². The lowest BCUT2D eigenvalue weighted by Gasteiger charge is -2.18. The predicted molar refractivity (Wildman–Crippen MR) is 65.4 cm³/mol. The molecule has 0 amide bonds. The Morgan fingerprint density at radius 2 is 2.00 bits per heavy atom. The highest BCUT2D eigenvalue weighted by molar-refractivity contribution is 7.92. The number of hydrogen-bond donors (Lipinski definition) is 1. The van der Waals surface area contributed by atoms with E-state index in [9.17, 15) is 8.42 Å². The van der Waals surface area contributed by atoms with Gasteiger partial charge in [0.25, 0.3) is 0 Å². The molecule has 0 aromatic rings. The molecule has 1 unspecified atom stereocenters. The quantitative estimate of drug-likeness (QED) is 0.683. The lowest BCUT2D eigenvalue weighted by atomic mass is 10.4. The van der Waals surface area contributed by atoms with Gasteiger partial charge in [-0.2, -0.15) is 0 Å². The zero-order valence-corrected chi connectivity index (χ0v) is 11.1. The lowest BCUT2D eigenvalue weighted by molar-refractivity contribution is 0.199. The summed E-state index contributed by atoms with van der Waals surface area (Å²) in [6.07, 6.45) is 3.83. The summed E-state index contributed by atoms with van der Waals surface area (Å²) in [5.74, 6) is 0. The molecule has 4 nitrogen and oxygen atoms in total. The van der Waals surface area contributed by atoms with E-state index in [2.05, 4.69) is 5.32 Å². The van der Waals surface area contributed by atoms with Gasteiger partial charge < -0.3 is 10.1 Å². The predicted octanol–water partition coefficient (Wildman–Crippen LogP) is 0.968. The molecule has 0 aliphatic heterocycles. The number of sulfone groups is 1. The summed E-state index contributed by atoms with van der Waals surface area (Å²) in [5.41, 5.74) is 0. The zero-order valence-electron chi connectivity index (χ0n) is 10.2. The first-order chi connectivity index (χ1) is 7.59. The largest absolute Gasteiger partial charge is 0.383 e. The second-order valence-electron chi connectivity index (χ2n) is 4.50. The first kappa shape index (κ1) is 13.9. The molecular weight excluding hydrogens is 226 g/mol. The van der Waals surface area contributed by atoms with Crippen LogP contribution in [-0.4, -0.2) is 45.7 Å². The summed E-state index contributed by atoms with van der Waals surface area (Å²) < 4.78 is 29.1. The van der Waals surface area contributed by atoms with Crippen LogP contribution in [0.25, 0.3) is 0 Å². The first-order valence-electron chi connectivity index (χ1n) is 6.01. The third-order valence-corrected chi connectivity index (χ3v) is 5.93. The van der Waals surface area contributed by atoms with Crippen LogP contribution in [0, 0.1) is 0 Å². The summed E-state index contributed by atoms with van der Waals surface area (Å²) in [4.78, 5) is 0. The molecule has 0 radical (unpaired) electrons. The van der Waals surface area contributed by atoms with Gasteiger partial charge in [-0.3, -0.25) is 0 Å². The minimum Gasteiger partial charge on any atom is -0.383 e. The summed E-state index contributed by atoms with van der Waals surface area (Å²) in [7, 11) is -1.29. The molecule has 0 heterocycles. The molecule has 0 saturated heterocycles. The fourth-order valence-electron chi connectivity index (χ4n) is 2.14. The van der Waals surface area contributed by atoms with Crippen molar-refractivity contribution in [3.63, 3.8) is 0 Å². The third kappa shape index (κ3) is 3.71. The summed E-state index contributed by atoms with van der Waals surface area (Å²) >= 11 is 0. The Balaban J connectivity index is 2.36. The van der Waals surface area contributed by atoms with Crippen LogP contribution in [-0.2, 0) is 14.6 Å². The van der Waals surface area contributed by atoms with Crippen LogP contribution < -0.4 is 5.32 Å². The number of rotatable bonds is 7. The van der Waals surface area contributed by atoms with E-state index >= 15 is 0 Å².